The van der Waals surface area contributed by atoms with Gasteiger partial charge in [0, 0.05) is 13.0 Å². The Morgan fingerprint density at radius 2 is 2.25 bits per heavy atom. The zero-order valence-electron chi connectivity index (χ0n) is 14.3. The summed E-state index contributed by atoms with van der Waals surface area (Å²) in [6.45, 7) is 3.51. The van der Waals surface area contributed by atoms with E-state index in [2.05, 4.69) is 17.4 Å². The molecule has 0 radical (unpaired) electrons. The smallest absolute Gasteiger partial charge is 0.306 e. The zero-order valence-corrected chi connectivity index (χ0v) is 14.3. The lowest BCUT2D eigenvalue weighted by atomic mass is 9.82. The van der Waals surface area contributed by atoms with Crippen molar-refractivity contribution < 1.29 is 14.3 Å². The molecule has 0 aliphatic heterocycles. The summed E-state index contributed by atoms with van der Waals surface area (Å²) in [5, 5.41) is 9.83. The second-order valence-electron chi connectivity index (χ2n) is 6.09. The molecule has 6 nitrogen and oxygen atoms in total. The van der Waals surface area contributed by atoms with Crippen LogP contribution < -0.4 is 15.8 Å². The molecule has 0 heterocycles. The number of ether oxygens (including phenoxy) is 2. The van der Waals surface area contributed by atoms with Gasteiger partial charge >= 0.3 is 5.97 Å². The van der Waals surface area contributed by atoms with Crippen LogP contribution in [0.25, 0.3) is 0 Å². The maximum Gasteiger partial charge on any atom is 0.306 e. The summed E-state index contributed by atoms with van der Waals surface area (Å²) in [6.07, 6.45) is 4.21. The maximum atomic E-state index is 11.6. The van der Waals surface area contributed by atoms with Crippen LogP contribution in [0.3, 0.4) is 0 Å². The first-order valence-electron chi connectivity index (χ1n) is 8.56. The lowest BCUT2D eigenvalue weighted by Gasteiger charge is -2.24. The van der Waals surface area contributed by atoms with Crippen LogP contribution in [0.15, 0.2) is 18.2 Å². The Hall–Kier alpha value is -2.24. The highest BCUT2D eigenvalue weighted by atomic mass is 16.5. The van der Waals surface area contributed by atoms with E-state index in [0.717, 1.165) is 31.4 Å². The normalized spacial score (nSPS) is 16.1. The predicted molar refractivity (Wildman–Crippen MR) is 93.2 cm³/mol. The quantitative estimate of drug-likeness (QED) is 0.292. The van der Waals surface area contributed by atoms with Crippen molar-refractivity contribution in [3.05, 3.63) is 29.3 Å². The van der Waals surface area contributed by atoms with E-state index in [1.165, 1.54) is 11.1 Å². The molecule has 1 aliphatic carbocycles. The summed E-state index contributed by atoms with van der Waals surface area (Å²) >= 11 is 0. The van der Waals surface area contributed by atoms with Gasteiger partial charge in [0.2, 0.25) is 0 Å². The van der Waals surface area contributed by atoms with E-state index in [1.54, 1.807) is 0 Å². The number of nitrogens with one attached hydrogen (secondary N) is 2. The number of carbonyl (C=O) groups excluding carboxylic acids is 1. The van der Waals surface area contributed by atoms with Crippen LogP contribution in [0.1, 0.15) is 37.3 Å². The number of benzene rings is 1. The van der Waals surface area contributed by atoms with Crippen molar-refractivity contribution in [2.24, 2.45) is 11.7 Å². The van der Waals surface area contributed by atoms with Crippen LogP contribution >= 0.6 is 0 Å². The van der Waals surface area contributed by atoms with Crippen molar-refractivity contribution >= 4 is 11.9 Å². The molecule has 0 bridgehead atoms. The number of guanidine groups is 1. The van der Waals surface area contributed by atoms with Gasteiger partial charge < -0.3 is 20.5 Å². The first-order valence-corrected chi connectivity index (χ1v) is 8.56. The van der Waals surface area contributed by atoms with Gasteiger partial charge in [-0.25, -0.2) is 0 Å². The minimum Gasteiger partial charge on any atom is -0.494 e. The van der Waals surface area contributed by atoms with E-state index >= 15 is 0 Å². The second-order valence-corrected chi connectivity index (χ2v) is 6.09. The number of rotatable bonds is 8. The molecule has 6 heteroatoms. The van der Waals surface area contributed by atoms with Crippen LogP contribution in [-0.2, 0) is 22.4 Å². The molecule has 2 rings (SSSR count). The maximum absolute atomic E-state index is 11.6. The molecule has 1 aliphatic rings. The van der Waals surface area contributed by atoms with Crippen molar-refractivity contribution in [1.82, 2.24) is 5.32 Å². The van der Waals surface area contributed by atoms with Crippen molar-refractivity contribution in [3.63, 3.8) is 0 Å². The molecule has 0 fully saturated rings. The molecule has 0 aromatic heterocycles. The van der Waals surface area contributed by atoms with Crippen LogP contribution in [0.5, 0.6) is 5.75 Å². The molecule has 132 valence electrons. The number of fused-ring (bicyclic) bond motifs is 1. The van der Waals surface area contributed by atoms with Crippen molar-refractivity contribution in [1.29, 1.82) is 5.41 Å². The van der Waals surface area contributed by atoms with Crippen LogP contribution in [-0.4, -0.2) is 31.7 Å². The third-order valence-electron chi connectivity index (χ3n) is 4.17. The average molecular weight is 333 g/mol. The monoisotopic (exact) mass is 333 g/mol. The zero-order chi connectivity index (χ0) is 17.4. The van der Waals surface area contributed by atoms with Gasteiger partial charge in [-0.1, -0.05) is 6.07 Å². The Balaban J connectivity index is 1.80. The van der Waals surface area contributed by atoms with E-state index in [4.69, 9.17) is 20.6 Å². The van der Waals surface area contributed by atoms with Crippen molar-refractivity contribution in [2.75, 3.05) is 19.8 Å². The molecule has 1 aromatic rings. The number of carbonyl (C=O) groups is 1. The third kappa shape index (κ3) is 5.76. The second kappa shape index (κ2) is 9.15. The number of nitrogens with two attached hydrogens (primary N) is 1. The fourth-order valence-electron chi connectivity index (χ4n) is 3.01. The summed E-state index contributed by atoms with van der Waals surface area (Å²) in [6, 6.07) is 6.20. The molecule has 0 saturated carbocycles. The molecular formula is C18H27N3O3. The summed E-state index contributed by atoms with van der Waals surface area (Å²) in [5.74, 6) is 1.15. The standard InChI is InChI=1S/C18H27N3O3/c1-2-23-17(22)11-13-4-5-15-12-16(7-6-14(15)10-13)24-9-3-8-21-18(19)20/h6-7,12-13H,2-5,8-11H2,1H3,(H4,19,20,21). The first-order chi connectivity index (χ1) is 11.6. The van der Waals surface area contributed by atoms with Crippen LogP contribution in [0, 0.1) is 11.3 Å². The van der Waals surface area contributed by atoms with Gasteiger partial charge in [-0.05, 0) is 61.8 Å². The lowest BCUT2D eigenvalue weighted by Crippen LogP contribution is -2.31. The molecule has 0 amide bonds. The van der Waals surface area contributed by atoms with Gasteiger partial charge in [0.1, 0.15) is 5.75 Å². The fourth-order valence-corrected chi connectivity index (χ4v) is 3.01. The van der Waals surface area contributed by atoms with E-state index in [9.17, 15) is 4.79 Å². The summed E-state index contributed by atoms with van der Waals surface area (Å²) < 4.78 is 10.8. The Morgan fingerprint density at radius 1 is 1.42 bits per heavy atom. The summed E-state index contributed by atoms with van der Waals surface area (Å²) in [4.78, 5) is 11.6. The van der Waals surface area contributed by atoms with Gasteiger partial charge in [0.15, 0.2) is 5.96 Å². The van der Waals surface area contributed by atoms with Gasteiger partial charge in [-0.3, -0.25) is 10.2 Å². The Kier molecular flexibility index (Phi) is 6.90. The van der Waals surface area contributed by atoms with Crippen molar-refractivity contribution in [2.45, 2.75) is 39.0 Å². The molecule has 1 unspecified atom stereocenters. The van der Waals surface area contributed by atoms with Crippen LogP contribution in [0.2, 0.25) is 0 Å². The van der Waals surface area contributed by atoms with Crippen molar-refractivity contribution in [3.8, 4) is 5.75 Å². The molecule has 0 spiro atoms. The molecule has 24 heavy (non-hydrogen) atoms. The predicted octanol–water partition coefficient (Wildman–Crippen LogP) is 2.00. The Bertz CT molecular complexity index is 575. The lowest BCUT2D eigenvalue weighted by molar-refractivity contribution is -0.144. The minimum atomic E-state index is -0.0925. The number of hydrogen-bond acceptors (Lipinski definition) is 4. The minimum absolute atomic E-state index is 0.0128. The Morgan fingerprint density at radius 3 is 3.00 bits per heavy atom. The molecular weight excluding hydrogens is 306 g/mol. The van der Waals surface area contributed by atoms with Gasteiger partial charge in [-0.2, -0.15) is 0 Å². The fraction of sp³-hybridized carbons (Fsp3) is 0.556. The number of esters is 1. The van der Waals surface area contributed by atoms with Crippen LogP contribution in [0.4, 0.5) is 0 Å². The van der Waals surface area contributed by atoms with Gasteiger partial charge in [0.05, 0.1) is 13.2 Å². The van der Waals surface area contributed by atoms with E-state index < -0.39 is 0 Å². The third-order valence-corrected chi connectivity index (χ3v) is 4.17. The summed E-state index contributed by atoms with van der Waals surface area (Å²) in [7, 11) is 0. The van der Waals surface area contributed by atoms with E-state index in [-0.39, 0.29) is 11.9 Å². The molecule has 1 aromatic carbocycles. The molecule has 4 N–H and O–H groups in total. The largest absolute Gasteiger partial charge is 0.494 e. The topological polar surface area (TPSA) is 97.4 Å². The highest BCUT2D eigenvalue weighted by Gasteiger charge is 2.22. The number of hydrogen-bond donors (Lipinski definition) is 3. The molecule has 0 saturated heterocycles. The average Bonchev–Trinajstić information content (AvgIpc) is 2.54. The first kappa shape index (κ1) is 18.1. The van der Waals surface area contributed by atoms with Gasteiger partial charge in [0.25, 0.3) is 0 Å². The number of aryl methyl sites for hydroxylation is 1. The highest BCUT2D eigenvalue weighted by Crippen LogP contribution is 2.30. The van der Waals surface area contributed by atoms with E-state index in [1.807, 2.05) is 13.0 Å². The van der Waals surface area contributed by atoms with E-state index in [0.29, 0.717) is 32.1 Å². The molecule has 1 atom stereocenters. The summed E-state index contributed by atoms with van der Waals surface area (Å²) in [5.41, 5.74) is 7.84. The SMILES string of the molecule is CCOC(=O)CC1CCc2cc(OCCCNC(=N)N)ccc2C1. The van der Waals surface area contributed by atoms with Gasteiger partial charge in [-0.15, -0.1) is 0 Å². The Labute approximate surface area is 143 Å². The highest BCUT2D eigenvalue weighted by molar-refractivity contribution is 5.74.